The second-order valence-corrected chi connectivity index (χ2v) is 10.4. The fourth-order valence-corrected chi connectivity index (χ4v) is 5.66. The Kier molecular flexibility index (Phi) is 7.04. The zero-order chi connectivity index (χ0) is 23.0. The lowest BCUT2D eigenvalue weighted by atomic mass is 9.78. The van der Waals surface area contributed by atoms with Gasteiger partial charge in [-0.3, -0.25) is 9.80 Å². The van der Waals surface area contributed by atoms with E-state index in [4.69, 9.17) is 39.9 Å². The first-order valence-electron chi connectivity index (χ1n) is 11.2. The molecule has 4 nitrogen and oxygen atoms in total. The van der Waals surface area contributed by atoms with Gasteiger partial charge in [-0.1, -0.05) is 74.1 Å². The molecule has 7 heteroatoms. The Morgan fingerprint density at radius 1 is 0.969 bits per heavy atom. The molecule has 1 amide bonds. The molecule has 1 heterocycles. The Balaban J connectivity index is 1.69. The Labute approximate surface area is 204 Å². The van der Waals surface area contributed by atoms with Crippen LogP contribution in [0.2, 0.25) is 15.1 Å². The third kappa shape index (κ3) is 4.64. The number of benzene rings is 2. The zero-order valence-corrected chi connectivity index (χ0v) is 20.8. The molecule has 0 bridgehead atoms. The summed E-state index contributed by atoms with van der Waals surface area (Å²) in [4.78, 5) is 13.4. The fraction of sp³-hybridized carbons (Fsp3) is 0.440. The van der Waals surface area contributed by atoms with E-state index in [1.54, 1.807) is 12.1 Å². The number of hydrogen-bond acceptors (Lipinski definition) is 3. The van der Waals surface area contributed by atoms with Gasteiger partial charge in [0.2, 0.25) is 0 Å². The van der Waals surface area contributed by atoms with Gasteiger partial charge in [-0.2, -0.15) is 5.10 Å². The van der Waals surface area contributed by atoms with E-state index in [1.165, 1.54) is 6.42 Å². The summed E-state index contributed by atoms with van der Waals surface area (Å²) in [5, 5.41) is 11.6. The Bertz CT molecular complexity index is 1010. The topological polar surface area (TPSA) is 44.7 Å². The lowest BCUT2D eigenvalue weighted by molar-refractivity contribution is -0.116. The first-order chi connectivity index (χ1) is 15.3. The summed E-state index contributed by atoms with van der Waals surface area (Å²) in [7, 11) is 0. The molecule has 170 valence electrons. The fourth-order valence-electron chi connectivity index (χ4n) is 5.04. The van der Waals surface area contributed by atoms with Crippen molar-refractivity contribution in [3.8, 4) is 0 Å². The second kappa shape index (κ2) is 9.62. The van der Waals surface area contributed by atoms with Gasteiger partial charge in [-0.15, -0.1) is 0 Å². The van der Waals surface area contributed by atoms with Crippen molar-refractivity contribution in [1.29, 1.82) is 0 Å². The maximum atomic E-state index is 13.4. The number of carbonyl (C=O) groups is 1. The van der Waals surface area contributed by atoms with Crippen molar-refractivity contribution in [2.75, 3.05) is 5.01 Å². The molecule has 0 aromatic heterocycles. The molecule has 2 aromatic carbocycles. The lowest BCUT2D eigenvalue weighted by Crippen LogP contribution is -2.48. The van der Waals surface area contributed by atoms with E-state index < -0.39 is 0 Å². The number of rotatable bonds is 4. The highest BCUT2D eigenvalue weighted by molar-refractivity contribution is 6.41. The molecule has 1 aliphatic heterocycles. The standard InChI is InChI=1S/C25H28Cl3N3O/c1-14-5-4-6-15(2)22(14)29-25(32)23-16(3)24(17-7-9-18(26)10-8-17)31(30-23)21-12-11-19(27)13-20(21)28/h7-16,22,24H,4-6H2,1-3H3,(H,29,32)/t14?,15?,16-,22?,24+/m1/s1. The summed E-state index contributed by atoms with van der Waals surface area (Å²) in [5.41, 5.74) is 2.24. The molecule has 2 aliphatic rings. The molecule has 2 unspecified atom stereocenters. The summed E-state index contributed by atoms with van der Waals surface area (Å²) >= 11 is 18.8. The number of nitrogens with one attached hydrogen (secondary N) is 1. The molecule has 1 aliphatic carbocycles. The van der Waals surface area contributed by atoms with E-state index in [9.17, 15) is 4.79 Å². The molecule has 1 N–H and O–H groups in total. The highest BCUT2D eigenvalue weighted by Crippen LogP contribution is 2.42. The SMILES string of the molecule is CC1CCCC(C)C1NC(=O)C1=NN(c2ccc(Cl)cc2Cl)[C@H](c2ccc(Cl)cc2)[C@@H]1C. The minimum absolute atomic E-state index is 0.102. The van der Waals surface area contributed by atoms with Gasteiger partial charge in [0, 0.05) is 22.0 Å². The molecule has 32 heavy (non-hydrogen) atoms. The smallest absolute Gasteiger partial charge is 0.268 e. The van der Waals surface area contributed by atoms with E-state index in [0.717, 1.165) is 18.4 Å². The first-order valence-corrected chi connectivity index (χ1v) is 12.3. The molecule has 1 saturated carbocycles. The third-order valence-electron chi connectivity index (χ3n) is 6.83. The zero-order valence-electron chi connectivity index (χ0n) is 18.5. The van der Waals surface area contributed by atoms with Crippen LogP contribution in [-0.4, -0.2) is 17.7 Å². The van der Waals surface area contributed by atoms with Crippen molar-refractivity contribution in [2.24, 2.45) is 22.9 Å². The average Bonchev–Trinajstić information content (AvgIpc) is 3.08. The average molecular weight is 493 g/mol. The number of nitrogens with zero attached hydrogens (tertiary/aromatic N) is 2. The largest absolute Gasteiger partial charge is 0.348 e. The third-order valence-corrected chi connectivity index (χ3v) is 7.62. The highest BCUT2D eigenvalue weighted by Gasteiger charge is 2.41. The summed E-state index contributed by atoms with van der Waals surface area (Å²) < 4.78 is 0. The number of anilines is 1. The number of halogens is 3. The second-order valence-electron chi connectivity index (χ2n) is 9.10. The monoisotopic (exact) mass is 491 g/mol. The van der Waals surface area contributed by atoms with Gasteiger partial charge in [-0.25, -0.2) is 0 Å². The maximum absolute atomic E-state index is 13.4. The number of hydrogen-bond donors (Lipinski definition) is 1. The van der Waals surface area contributed by atoms with E-state index in [0.29, 0.717) is 38.3 Å². The molecule has 2 aromatic rings. The van der Waals surface area contributed by atoms with Gasteiger partial charge in [0.1, 0.15) is 5.71 Å². The molecular weight excluding hydrogens is 465 g/mol. The minimum atomic E-state index is -0.187. The molecule has 0 spiro atoms. The van der Waals surface area contributed by atoms with E-state index >= 15 is 0 Å². The van der Waals surface area contributed by atoms with Crippen molar-refractivity contribution < 1.29 is 4.79 Å². The molecular formula is C25H28Cl3N3O. The van der Waals surface area contributed by atoms with Crippen LogP contribution in [0.25, 0.3) is 0 Å². The Hall–Kier alpha value is -1.75. The van der Waals surface area contributed by atoms with E-state index in [1.807, 2.05) is 42.3 Å². The summed E-state index contributed by atoms with van der Waals surface area (Å²) in [6.07, 6.45) is 3.49. The van der Waals surface area contributed by atoms with Crippen LogP contribution in [0.1, 0.15) is 51.6 Å². The van der Waals surface area contributed by atoms with Crippen molar-refractivity contribution >= 4 is 52.1 Å². The predicted molar refractivity (Wildman–Crippen MR) is 134 cm³/mol. The van der Waals surface area contributed by atoms with Gasteiger partial charge < -0.3 is 5.32 Å². The molecule has 0 saturated heterocycles. The van der Waals surface area contributed by atoms with E-state index in [-0.39, 0.29) is 23.9 Å². The van der Waals surface area contributed by atoms with Gasteiger partial charge >= 0.3 is 0 Å². The molecule has 1 fully saturated rings. The van der Waals surface area contributed by atoms with Crippen LogP contribution < -0.4 is 10.3 Å². The normalized spacial score (nSPS) is 27.9. The highest BCUT2D eigenvalue weighted by atomic mass is 35.5. The molecule has 4 atom stereocenters. The minimum Gasteiger partial charge on any atom is -0.348 e. The summed E-state index contributed by atoms with van der Waals surface area (Å²) in [5.74, 6) is 0.662. The maximum Gasteiger partial charge on any atom is 0.268 e. The van der Waals surface area contributed by atoms with Crippen molar-refractivity contribution in [3.05, 3.63) is 63.1 Å². The van der Waals surface area contributed by atoms with Crippen LogP contribution in [0.4, 0.5) is 5.69 Å². The molecule has 0 radical (unpaired) electrons. The Morgan fingerprint density at radius 3 is 2.22 bits per heavy atom. The lowest BCUT2D eigenvalue weighted by Gasteiger charge is -2.35. The Morgan fingerprint density at radius 2 is 1.59 bits per heavy atom. The van der Waals surface area contributed by atoms with Gasteiger partial charge in [0.25, 0.3) is 5.91 Å². The predicted octanol–water partition coefficient (Wildman–Crippen LogP) is 7.14. The number of hydrazone groups is 1. The number of amides is 1. The van der Waals surface area contributed by atoms with Crippen LogP contribution in [0.3, 0.4) is 0 Å². The summed E-state index contributed by atoms with van der Waals surface area (Å²) in [6.45, 7) is 6.48. The quantitative estimate of drug-likeness (QED) is 0.493. The van der Waals surface area contributed by atoms with Crippen LogP contribution in [0.15, 0.2) is 47.6 Å². The van der Waals surface area contributed by atoms with Crippen LogP contribution >= 0.6 is 34.8 Å². The van der Waals surface area contributed by atoms with Crippen LogP contribution in [0, 0.1) is 17.8 Å². The van der Waals surface area contributed by atoms with Gasteiger partial charge in [-0.05, 0) is 60.6 Å². The van der Waals surface area contributed by atoms with Crippen molar-refractivity contribution in [1.82, 2.24) is 5.32 Å². The van der Waals surface area contributed by atoms with Crippen LogP contribution in [-0.2, 0) is 4.79 Å². The van der Waals surface area contributed by atoms with Crippen molar-refractivity contribution in [3.63, 3.8) is 0 Å². The van der Waals surface area contributed by atoms with Gasteiger partial charge in [0.15, 0.2) is 0 Å². The van der Waals surface area contributed by atoms with Gasteiger partial charge in [0.05, 0.1) is 16.8 Å². The first kappa shape index (κ1) is 23.4. The molecule has 4 rings (SSSR count). The van der Waals surface area contributed by atoms with E-state index in [2.05, 4.69) is 19.2 Å². The van der Waals surface area contributed by atoms with Crippen molar-refractivity contribution in [2.45, 2.75) is 52.1 Å². The summed E-state index contributed by atoms with van der Waals surface area (Å²) in [6, 6.07) is 13.0. The number of carbonyl (C=O) groups excluding carboxylic acids is 1. The van der Waals surface area contributed by atoms with Crippen LogP contribution in [0.5, 0.6) is 0 Å².